The first-order valence-corrected chi connectivity index (χ1v) is 10.7. The number of halogens is 3. The van der Waals surface area contributed by atoms with Crippen LogP contribution in [0.3, 0.4) is 0 Å². The Balaban J connectivity index is 2.42. The van der Waals surface area contributed by atoms with E-state index in [0.717, 1.165) is 22.8 Å². The van der Waals surface area contributed by atoms with Crippen molar-refractivity contribution < 1.29 is 22.2 Å². The van der Waals surface area contributed by atoms with E-state index in [1.165, 1.54) is 37.3 Å². The highest BCUT2D eigenvalue weighted by Crippen LogP contribution is 2.32. The summed E-state index contributed by atoms with van der Waals surface area (Å²) in [6, 6.07) is 13.2. The van der Waals surface area contributed by atoms with Crippen LogP contribution in [0.2, 0.25) is 0 Å². The highest BCUT2D eigenvalue weighted by Gasteiger charge is 2.32. The van der Waals surface area contributed by atoms with Crippen LogP contribution >= 0.6 is 0 Å². The summed E-state index contributed by atoms with van der Waals surface area (Å²) < 4.78 is 54.2. The van der Waals surface area contributed by atoms with E-state index in [-0.39, 0.29) is 26.7 Å². The second-order valence-electron chi connectivity index (χ2n) is 7.06. The molecule has 1 aromatic heterocycles. The van der Waals surface area contributed by atoms with Gasteiger partial charge in [-0.15, -0.1) is 0 Å². The van der Waals surface area contributed by atoms with Crippen molar-refractivity contribution in [1.29, 1.82) is 10.5 Å². The minimum atomic E-state index is -4.70. The van der Waals surface area contributed by atoms with E-state index in [4.69, 9.17) is 11.0 Å². The number of alkyl halides is 3. The summed E-state index contributed by atoms with van der Waals surface area (Å²) in [4.78, 5) is 25.5. The summed E-state index contributed by atoms with van der Waals surface area (Å²) in [5.41, 5.74) is 2.59. The van der Waals surface area contributed by atoms with Crippen molar-refractivity contribution in [2.45, 2.75) is 29.3 Å². The topological polar surface area (TPSA) is 130 Å². The summed E-state index contributed by atoms with van der Waals surface area (Å²) in [6.07, 6.45) is -5.19. The van der Waals surface area contributed by atoms with Crippen LogP contribution in [-0.2, 0) is 23.4 Å². The van der Waals surface area contributed by atoms with E-state index in [0.29, 0.717) is 5.56 Å². The Bertz CT molecular complexity index is 1460. The fourth-order valence-corrected chi connectivity index (χ4v) is 4.85. The molecule has 2 aromatic carbocycles. The summed E-state index contributed by atoms with van der Waals surface area (Å²) in [7, 11) is -2.07. The van der Waals surface area contributed by atoms with Crippen molar-refractivity contribution in [2.24, 2.45) is 5.73 Å². The molecule has 0 aliphatic rings. The monoisotopic (exact) mass is 484 g/mol. The summed E-state index contributed by atoms with van der Waals surface area (Å²) in [5, 5.41) is 18.3. The van der Waals surface area contributed by atoms with Gasteiger partial charge in [-0.1, -0.05) is 6.07 Å². The SMILES string of the molecule is Cc1c(S(=O)c2ccc(C#N)cc2)c(CC#N)c(C(N)=O)c(=O)n1-c1cccc(C(F)(F)F)c1. The number of primary amides is 1. The maximum absolute atomic E-state index is 13.5. The van der Waals surface area contributed by atoms with Gasteiger partial charge >= 0.3 is 6.18 Å². The molecule has 0 bridgehead atoms. The van der Waals surface area contributed by atoms with Crippen molar-refractivity contribution in [3.05, 3.63) is 86.8 Å². The van der Waals surface area contributed by atoms with E-state index >= 15 is 0 Å². The highest BCUT2D eigenvalue weighted by atomic mass is 32.2. The molecule has 34 heavy (non-hydrogen) atoms. The molecule has 0 aliphatic carbocycles. The van der Waals surface area contributed by atoms with Gasteiger partial charge in [0.1, 0.15) is 5.56 Å². The second-order valence-corrected chi connectivity index (χ2v) is 8.48. The second kappa shape index (κ2) is 9.33. The van der Waals surface area contributed by atoms with Crippen LogP contribution in [0.15, 0.2) is 63.1 Å². The van der Waals surface area contributed by atoms with E-state index in [2.05, 4.69) is 0 Å². The molecule has 1 heterocycles. The lowest BCUT2D eigenvalue weighted by atomic mass is 10.0. The van der Waals surface area contributed by atoms with Gasteiger partial charge in [0.15, 0.2) is 0 Å². The maximum atomic E-state index is 13.5. The molecule has 0 fully saturated rings. The van der Waals surface area contributed by atoms with Crippen molar-refractivity contribution in [3.63, 3.8) is 0 Å². The Morgan fingerprint density at radius 3 is 2.32 bits per heavy atom. The van der Waals surface area contributed by atoms with Crippen LogP contribution in [0.1, 0.15) is 32.7 Å². The van der Waals surface area contributed by atoms with E-state index in [1.54, 1.807) is 6.07 Å². The molecule has 1 amide bonds. The van der Waals surface area contributed by atoms with E-state index in [1.807, 2.05) is 6.07 Å². The smallest absolute Gasteiger partial charge is 0.365 e. The molecule has 0 radical (unpaired) electrons. The van der Waals surface area contributed by atoms with E-state index < -0.39 is 46.0 Å². The number of nitriles is 2. The van der Waals surface area contributed by atoms with Crippen LogP contribution < -0.4 is 11.3 Å². The summed E-state index contributed by atoms with van der Waals surface area (Å²) >= 11 is 0. The fraction of sp³-hybridized carbons (Fsp3) is 0.130. The first kappa shape index (κ1) is 24.4. The quantitative estimate of drug-likeness (QED) is 0.594. The van der Waals surface area contributed by atoms with Crippen LogP contribution in [0.25, 0.3) is 5.69 Å². The van der Waals surface area contributed by atoms with Gasteiger partial charge in [0.25, 0.3) is 11.5 Å². The standard InChI is InChI=1S/C23H15F3N4O3S/c1-13-20(34(33)17-7-5-14(12-28)6-8-17)18(9-10-27)19(21(29)31)22(32)30(13)16-4-2-3-15(11-16)23(24,25)26/h2-8,11H,9H2,1H3,(H2,29,31). The molecular weight excluding hydrogens is 469 g/mol. The molecule has 1 atom stereocenters. The number of nitrogens with zero attached hydrogens (tertiary/aromatic N) is 3. The highest BCUT2D eigenvalue weighted by molar-refractivity contribution is 7.85. The number of amides is 1. The lowest BCUT2D eigenvalue weighted by molar-refractivity contribution is -0.137. The summed E-state index contributed by atoms with van der Waals surface area (Å²) in [6.45, 7) is 1.35. The van der Waals surface area contributed by atoms with Gasteiger partial charge in [0, 0.05) is 21.8 Å². The minimum absolute atomic E-state index is 0.0257. The molecule has 0 aliphatic heterocycles. The van der Waals surface area contributed by atoms with Gasteiger partial charge in [0.05, 0.1) is 45.4 Å². The molecule has 1 unspecified atom stereocenters. The first-order chi connectivity index (χ1) is 16.0. The number of pyridine rings is 1. The molecule has 172 valence electrons. The third kappa shape index (κ3) is 4.47. The third-order valence-corrected chi connectivity index (χ3v) is 6.59. The fourth-order valence-electron chi connectivity index (χ4n) is 3.48. The summed E-state index contributed by atoms with van der Waals surface area (Å²) in [5.74, 6) is -1.21. The average Bonchev–Trinajstić information content (AvgIpc) is 2.78. The van der Waals surface area contributed by atoms with Crippen molar-refractivity contribution in [3.8, 4) is 17.8 Å². The molecule has 0 saturated heterocycles. The lowest BCUT2D eigenvalue weighted by Gasteiger charge is -2.20. The molecule has 11 heteroatoms. The predicted molar refractivity (Wildman–Crippen MR) is 115 cm³/mol. The Hall–Kier alpha value is -4.22. The normalized spacial score (nSPS) is 11.9. The van der Waals surface area contributed by atoms with E-state index in [9.17, 15) is 32.2 Å². The number of hydrogen-bond donors (Lipinski definition) is 1. The first-order valence-electron chi connectivity index (χ1n) is 9.56. The lowest BCUT2D eigenvalue weighted by Crippen LogP contribution is -2.34. The van der Waals surface area contributed by atoms with Crippen LogP contribution in [0.5, 0.6) is 0 Å². The number of carbonyl (C=O) groups is 1. The maximum Gasteiger partial charge on any atom is 0.416 e. The molecule has 7 nitrogen and oxygen atoms in total. The van der Waals surface area contributed by atoms with Gasteiger partial charge < -0.3 is 5.73 Å². The zero-order chi connectivity index (χ0) is 25.2. The molecule has 3 rings (SSSR count). The number of rotatable bonds is 5. The van der Waals surface area contributed by atoms with Gasteiger partial charge in [-0.25, -0.2) is 4.21 Å². The van der Waals surface area contributed by atoms with Crippen molar-refractivity contribution in [2.75, 3.05) is 0 Å². The van der Waals surface area contributed by atoms with Gasteiger partial charge in [-0.3, -0.25) is 14.2 Å². The Morgan fingerprint density at radius 2 is 1.79 bits per heavy atom. The van der Waals surface area contributed by atoms with Gasteiger partial charge in [0.2, 0.25) is 0 Å². The molecular formula is C23H15F3N4O3S. The molecule has 0 saturated carbocycles. The largest absolute Gasteiger partial charge is 0.416 e. The zero-order valence-corrected chi connectivity index (χ0v) is 18.3. The van der Waals surface area contributed by atoms with Crippen molar-refractivity contribution in [1.82, 2.24) is 4.57 Å². The van der Waals surface area contributed by atoms with Crippen LogP contribution in [-0.4, -0.2) is 14.7 Å². The number of benzene rings is 2. The Labute approximate surface area is 193 Å². The third-order valence-electron chi connectivity index (χ3n) is 4.97. The van der Waals surface area contributed by atoms with Crippen molar-refractivity contribution >= 4 is 16.7 Å². The Kier molecular flexibility index (Phi) is 6.70. The Morgan fingerprint density at radius 1 is 1.15 bits per heavy atom. The molecule has 0 spiro atoms. The number of carbonyl (C=O) groups excluding carboxylic acids is 1. The van der Waals surface area contributed by atoms with Gasteiger partial charge in [-0.05, 0) is 49.4 Å². The van der Waals surface area contributed by atoms with Crippen LogP contribution in [0.4, 0.5) is 13.2 Å². The van der Waals surface area contributed by atoms with Crippen LogP contribution in [0, 0.1) is 29.6 Å². The minimum Gasteiger partial charge on any atom is -0.365 e. The molecule has 2 N–H and O–H groups in total. The zero-order valence-electron chi connectivity index (χ0n) is 17.5. The molecule has 3 aromatic rings. The number of hydrogen-bond acceptors (Lipinski definition) is 5. The van der Waals surface area contributed by atoms with Gasteiger partial charge in [-0.2, -0.15) is 23.7 Å². The predicted octanol–water partition coefficient (Wildman–Crippen LogP) is 3.37. The number of nitrogens with two attached hydrogens (primary N) is 1. The average molecular weight is 484 g/mol. The number of aromatic nitrogens is 1.